The van der Waals surface area contributed by atoms with Crippen LogP contribution >= 0.6 is 11.6 Å². The molecule has 1 N–H and O–H groups in total. The van der Waals surface area contributed by atoms with E-state index >= 15 is 0 Å². The number of nitriles is 1. The van der Waals surface area contributed by atoms with Gasteiger partial charge in [0.25, 0.3) is 11.5 Å². The lowest BCUT2D eigenvalue weighted by molar-refractivity contribution is -0.117. The average molecular weight is 465 g/mol. The first-order valence-corrected chi connectivity index (χ1v) is 10.8. The van der Waals surface area contributed by atoms with E-state index in [9.17, 15) is 14.9 Å². The van der Waals surface area contributed by atoms with Gasteiger partial charge in [-0.2, -0.15) is 10.2 Å². The fourth-order valence-electron chi connectivity index (χ4n) is 3.51. The van der Waals surface area contributed by atoms with Crippen LogP contribution in [-0.4, -0.2) is 34.5 Å². The molecule has 1 aromatic carbocycles. The normalized spacial score (nSPS) is 15.9. The summed E-state index contributed by atoms with van der Waals surface area (Å²) < 4.78 is 12.7. The van der Waals surface area contributed by atoms with E-state index in [1.54, 1.807) is 36.5 Å². The third-order valence-corrected chi connectivity index (χ3v) is 5.50. The molecule has 3 heterocycles. The molecule has 1 saturated heterocycles. The Bertz CT molecular complexity index is 1320. The summed E-state index contributed by atoms with van der Waals surface area (Å²) in [5.74, 6) is -0.212. The summed E-state index contributed by atoms with van der Waals surface area (Å²) >= 11 is 5.95. The van der Waals surface area contributed by atoms with Crippen molar-refractivity contribution in [2.24, 2.45) is 0 Å². The number of hydrogen-bond donors (Lipinski definition) is 1. The maximum atomic E-state index is 13.3. The molecule has 33 heavy (non-hydrogen) atoms. The SMILES string of the molecule is Cc1cccn2c(=O)c(/C=C(\C#N)C(=O)NCC3CCCO3)c(Oc3ccc(Cl)cc3)nc12. The molecule has 0 saturated carbocycles. The Balaban J connectivity index is 1.75. The number of fused-ring (bicyclic) bond motifs is 1. The summed E-state index contributed by atoms with van der Waals surface area (Å²) in [6.07, 6.45) is 4.49. The summed E-state index contributed by atoms with van der Waals surface area (Å²) in [4.78, 5) is 30.4. The van der Waals surface area contributed by atoms with E-state index in [0.717, 1.165) is 18.4 Å². The van der Waals surface area contributed by atoms with Crippen LogP contribution in [0.4, 0.5) is 0 Å². The number of amides is 1. The van der Waals surface area contributed by atoms with Crippen molar-refractivity contribution >= 4 is 29.2 Å². The van der Waals surface area contributed by atoms with Crippen LogP contribution in [0.15, 0.2) is 53.0 Å². The van der Waals surface area contributed by atoms with Crippen LogP contribution in [0.25, 0.3) is 11.7 Å². The van der Waals surface area contributed by atoms with Crippen molar-refractivity contribution in [3.05, 3.63) is 74.7 Å². The van der Waals surface area contributed by atoms with Gasteiger partial charge in [-0.1, -0.05) is 17.7 Å². The van der Waals surface area contributed by atoms with Gasteiger partial charge in [0.2, 0.25) is 5.88 Å². The molecule has 2 aromatic heterocycles. The Morgan fingerprint density at radius 2 is 2.18 bits per heavy atom. The molecule has 4 rings (SSSR count). The van der Waals surface area contributed by atoms with Crippen LogP contribution in [0, 0.1) is 18.3 Å². The molecule has 1 fully saturated rings. The molecule has 1 aliphatic rings. The molecule has 1 atom stereocenters. The third kappa shape index (κ3) is 5.06. The van der Waals surface area contributed by atoms with Gasteiger partial charge >= 0.3 is 0 Å². The monoisotopic (exact) mass is 464 g/mol. The van der Waals surface area contributed by atoms with Crippen LogP contribution in [0.1, 0.15) is 24.0 Å². The Labute approximate surface area is 195 Å². The predicted molar refractivity (Wildman–Crippen MR) is 123 cm³/mol. The van der Waals surface area contributed by atoms with Gasteiger partial charge in [0, 0.05) is 24.4 Å². The van der Waals surface area contributed by atoms with Gasteiger partial charge in [0.05, 0.1) is 6.10 Å². The van der Waals surface area contributed by atoms with Crippen LogP contribution in [0.3, 0.4) is 0 Å². The van der Waals surface area contributed by atoms with Crippen LogP contribution in [0.5, 0.6) is 11.6 Å². The summed E-state index contributed by atoms with van der Waals surface area (Å²) in [6.45, 7) is 2.77. The zero-order chi connectivity index (χ0) is 23.4. The van der Waals surface area contributed by atoms with E-state index in [1.165, 1.54) is 10.5 Å². The number of aryl methyl sites for hydroxylation is 1. The molecule has 1 aliphatic heterocycles. The van der Waals surface area contributed by atoms with Crippen molar-refractivity contribution in [3.8, 4) is 17.7 Å². The van der Waals surface area contributed by atoms with Gasteiger partial charge in [0.1, 0.15) is 28.6 Å². The number of carbonyl (C=O) groups is 1. The van der Waals surface area contributed by atoms with E-state index in [0.29, 0.717) is 29.6 Å². The number of aromatic nitrogens is 2. The summed E-state index contributed by atoms with van der Waals surface area (Å²) in [5, 5.41) is 12.8. The van der Waals surface area contributed by atoms with E-state index in [-0.39, 0.29) is 23.1 Å². The van der Waals surface area contributed by atoms with Gasteiger partial charge in [-0.05, 0) is 61.7 Å². The number of nitrogens with one attached hydrogen (secondary N) is 1. The number of halogens is 1. The van der Waals surface area contributed by atoms with Gasteiger partial charge in [-0.15, -0.1) is 0 Å². The predicted octanol–water partition coefficient (Wildman–Crippen LogP) is 3.65. The Morgan fingerprint density at radius 1 is 1.39 bits per heavy atom. The van der Waals surface area contributed by atoms with Crippen molar-refractivity contribution in [2.75, 3.05) is 13.2 Å². The number of benzene rings is 1. The van der Waals surface area contributed by atoms with Gasteiger partial charge in [-0.25, -0.2) is 0 Å². The molecule has 3 aromatic rings. The molecular weight excluding hydrogens is 444 g/mol. The molecule has 0 aliphatic carbocycles. The maximum Gasteiger partial charge on any atom is 0.269 e. The van der Waals surface area contributed by atoms with E-state index < -0.39 is 11.5 Å². The Kier molecular flexibility index (Phi) is 6.73. The van der Waals surface area contributed by atoms with Gasteiger partial charge in [0.15, 0.2) is 0 Å². The molecule has 0 spiro atoms. The first-order chi connectivity index (χ1) is 16.0. The van der Waals surface area contributed by atoms with Crippen molar-refractivity contribution in [2.45, 2.75) is 25.9 Å². The molecule has 0 bridgehead atoms. The summed E-state index contributed by atoms with van der Waals surface area (Å²) in [5.41, 5.74) is 0.454. The molecule has 0 radical (unpaired) electrons. The lowest BCUT2D eigenvalue weighted by Crippen LogP contribution is -2.32. The topological polar surface area (TPSA) is 106 Å². The maximum absolute atomic E-state index is 13.3. The number of nitrogens with zero attached hydrogens (tertiary/aromatic N) is 3. The number of rotatable bonds is 6. The lowest BCUT2D eigenvalue weighted by Gasteiger charge is -2.12. The lowest BCUT2D eigenvalue weighted by atomic mass is 10.1. The number of hydrogen-bond acceptors (Lipinski definition) is 6. The van der Waals surface area contributed by atoms with Gasteiger partial charge in [-0.3, -0.25) is 14.0 Å². The second kappa shape index (κ2) is 9.86. The van der Waals surface area contributed by atoms with Crippen LogP contribution in [-0.2, 0) is 9.53 Å². The minimum Gasteiger partial charge on any atom is -0.438 e. The fraction of sp³-hybridized carbons (Fsp3) is 0.250. The van der Waals surface area contributed by atoms with Crippen molar-refractivity contribution in [1.82, 2.24) is 14.7 Å². The molecule has 1 amide bonds. The molecule has 8 nitrogen and oxygen atoms in total. The highest BCUT2D eigenvalue weighted by Crippen LogP contribution is 2.26. The number of carbonyl (C=O) groups excluding carboxylic acids is 1. The Hall–Kier alpha value is -3.67. The summed E-state index contributed by atoms with van der Waals surface area (Å²) in [7, 11) is 0. The van der Waals surface area contributed by atoms with E-state index in [4.69, 9.17) is 21.1 Å². The highest BCUT2D eigenvalue weighted by Gasteiger charge is 2.20. The van der Waals surface area contributed by atoms with E-state index in [2.05, 4.69) is 10.3 Å². The second-order valence-electron chi connectivity index (χ2n) is 7.59. The highest BCUT2D eigenvalue weighted by molar-refractivity contribution is 6.30. The highest BCUT2D eigenvalue weighted by atomic mass is 35.5. The minimum atomic E-state index is -0.598. The first kappa shape index (κ1) is 22.5. The third-order valence-electron chi connectivity index (χ3n) is 5.25. The van der Waals surface area contributed by atoms with Crippen molar-refractivity contribution in [1.29, 1.82) is 5.26 Å². The molecule has 1 unspecified atom stereocenters. The average Bonchev–Trinajstić information content (AvgIpc) is 3.33. The minimum absolute atomic E-state index is 0.0168. The largest absolute Gasteiger partial charge is 0.438 e. The smallest absolute Gasteiger partial charge is 0.269 e. The molecule has 9 heteroatoms. The van der Waals surface area contributed by atoms with Crippen LogP contribution in [0.2, 0.25) is 5.02 Å². The number of pyridine rings is 1. The molecule has 168 valence electrons. The standard InChI is InChI=1S/C24H21ClN4O4/c1-15-4-2-10-29-21(15)28-23(33-18-8-6-17(25)7-9-18)20(24(29)31)12-16(13-26)22(30)27-14-19-5-3-11-32-19/h2,4,6-10,12,19H,3,5,11,14H2,1H3,(H,27,30)/b16-12+. The number of ether oxygens (including phenoxy) is 2. The zero-order valence-electron chi connectivity index (χ0n) is 17.9. The fourth-order valence-corrected chi connectivity index (χ4v) is 3.63. The van der Waals surface area contributed by atoms with Crippen molar-refractivity contribution in [3.63, 3.8) is 0 Å². The van der Waals surface area contributed by atoms with Crippen molar-refractivity contribution < 1.29 is 14.3 Å². The first-order valence-electron chi connectivity index (χ1n) is 10.4. The zero-order valence-corrected chi connectivity index (χ0v) is 18.6. The van der Waals surface area contributed by atoms with Crippen LogP contribution < -0.4 is 15.6 Å². The quantitative estimate of drug-likeness (QED) is 0.441. The summed E-state index contributed by atoms with van der Waals surface area (Å²) in [6, 6.07) is 12.0. The van der Waals surface area contributed by atoms with E-state index in [1.807, 2.05) is 19.1 Å². The molecular formula is C24H21ClN4O4. The van der Waals surface area contributed by atoms with Gasteiger partial charge < -0.3 is 14.8 Å². The second-order valence-corrected chi connectivity index (χ2v) is 8.03. The Morgan fingerprint density at radius 3 is 2.88 bits per heavy atom.